The van der Waals surface area contributed by atoms with E-state index in [0.717, 1.165) is 4.90 Å². The lowest BCUT2D eigenvalue weighted by molar-refractivity contribution is -0.124. The Morgan fingerprint density at radius 3 is 1.48 bits per heavy atom. The van der Waals surface area contributed by atoms with Gasteiger partial charge in [0.1, 0.15) is 0 Å². The highest BCUT2D eigenvalue weighted by atomic mass is 35.5. The number of fused-ring (bicyclic) bond motifs is 2. The summed E-state index contributed by atoms with van der Waals surface area (Å²) in [6, 6.07) is 4.64. The standard InChI is InChI=1S/C22H19ClN2O4/c23-17-11-12(24-19(26)13-5-1-2-6-14(13)20(24)27)9-10-18(17)25-21(28)15-7-3-4-8-16(15)22(25)29/h1-4,9-11,13-16H,5-8H2. The highest BCUT2D eigenvalue weighted by Gasteiger charge is 2.50. The van der Waals surface area contributed by atoms with Gasteiger partial charge in [-0.3, -0.25) is 19.2 Å². The Morgan fingerprint density at radius 2 is 1.07 bits per heavy atom. The molecule has 5 rings (SSSR count). The van der Waals surface area contributed by atoms with Gasteiger partial charge in [-0.15, -0.1) is 0 Å². The smallest absolute Gasteiger partial charge is 0.238 e. The zero-order valence-corrected chi connectivity index (χ0v) is 16.3. The van der Waals surface area contributed by atoms with E-state index in [4.69, 9.17) is 11.6 Å². The van der Waals surface area contributed by atoms with Gasteiger partial charge in [0.2, 0.25) is 23.6 Å². The number of amides is 4. The highest BCUT2D eigenvalue weighted by Crippen LogP contribution is 2.43. The molecule has 4 aliphatic rings. The van der Waals surface area contributed by atoms with E-state index in [9.17, 15) is 19.2 Å². The Balaban J connectivity index is 1.46. The molecule has 0 radical (unpaired) electrons. The quantitative estimate of drug-likeness (QED) is 0.554. The van der Waals surface area contributed by atoms with E-state index in [1.165, 1.54) is 11.0 Å². The van der Waals surface area contributed by atoms with Gasteiger partial charge in [-0.05, 0) is 43.9 Å². The second-order valence-corrected chi connectivity index (χ2v) is 8.38. The molecule has 29 heavy (non-hydrogen) atoms. The van der Waals surface area contributed by atoms with Crippen LogP contribution in [-0.2, 0) is 19.2 Å². The third kappa shape index (κ3) is 2.62. The van der Waals surface area contributed by atoms with Crippen LogP contribution in [0.4, 0.5) is 11.4 Å². The second kappa shape index (κ2) is 6.66. The van der Waals surface area contributed by atoms with Crippen molar-refractivity contribution < 1.29 is 19.2 Å². The molecule has 4 unspecified atom stereocenters. The fourth-order valence-electron chi connectivity index (χ4n) is 4.91. The number of benzene rings is 1. The monoisotopic (exact) mass is 410 g/mol. The summed E-state index contributed by atoms with van der Waals surface area (Å²) < 4.78 is 0. The SMILES string of the molecule is O=C1C2CC=CCC2C(=O)N1c1ccc(N2C(=O)C3CC=CCC3C2=O)c(Cl)c1. The van der Waals surface area contributed by atoms with Crippen molar-refractivity contribution in [3.63, 3.8) is 0 Å². The molecule has 4 amide bonds. The minimum absolute atomic E-state index is 0.171. The first-order valence-corrected chi connectivity index (χ1v) is 10.2. The van der Waals surface area contributed by atoms with Crippen LogP contribution in [0.2, 0.25) is 5.02 Å². The summed E-state index contributed by atoms with van der Waals surface area (Å²) in [5, 5.41) is 0.171. The topological polar surface area (TPSA) is 74.8 Å². The summed E-state index contributed by atoms with van der Waals surface area (Å²) in [6.07, 6.45) is 9.95. The minimum Gasteiger partial charge on any atom is -0.274 e. The number of nitrogens with zero attached hydrogens (tertiary/aromatic N) is 2. The van der Waals surface area contributed by atoms with Crippen molar-refractivity contribution in [1.29, 1.82) is 0 Å². The van der Waals surface area contributed by atoms with E-state index in [1.54, 1.807) is 12.1 Å². The van der Waals surface area contributed by atoms with Crippen LogP contribution in [-0.4, -0.2) is 23.6 Å². The fourth-order valence-corrected chi connectivity index (χ4v) is 5.17. The van der Waals surface area contributed by atoms with Gasteiger partial charge in [0, 0.05) is 0 Å². The van der Waals surface area contributed by atoms with Crippen LogP contribution in [0.5, 0.6) is 0 Å². The van der Waals surface area contributed by atoms with Crippen molar-refractivity contribution in [3.8, 4) is 0 Å². The van der Waals surface area contributed by atoms with Gasteiger partial charge >= 0.3 is 0 Å². The van der Waals surface area contributed by atoms with Crippen LogP contribution < -0.4 is 9.80 Å². The lowest BCUT2D eigenvalue weighted by atomic mass is 9.85. The van der Waals surface area contributed by atoms with Crippen LogP contribution in [0.1, 0.15) is 25.7 Å². The van der Waals surface area contributed by atoms with Crippen LogP contribution in [0.25, 0.3) is 0 Å². The molecule has 6 nitrogen and oxygen atoms in total. The molecule has 1 aromatic rings. The predicted octanol–water partition coefficient (Wildman–Crippen LogP) is 3.25. The molecule has 2 heterocycles. The molecule has 2 saturated heterocycles. The van der Waals surface area contributed by atoms with Crippen LogP contribution in [0, 0.1) is 23.7 Å². The molecule has 4 atom stereocenters. The molecule has 7 heteroatoms. The van der Waals surface area contributed by atoms with E-state index < -0.39 is 0 Å². The average Bonchev–Trinajstić information content (AvgIpc) is 3.14. The van der Waals surface area contributed by atoms with Gasteiger partial charge in [-0.25, -0.2) is 9.80 Å². The number of imide groups is 2. The average molecular weight is 411 g/mol. The van der Waals surface area contributed by atoms with Crippen molar-refractivity contribution in [2.45, 2.75) is 25.7 Å². The van der Waals surface area contributed by atoms with E-state index in [-0.39, 0.29) is 52.3 Å². The number of halogens is 1. The van der Waals surface area contributed by atoms with Gasteiger partial charge in [0.25, 0.3) is 0 Å². The Labute approximate surface area is 172 Å². The summed E-state index contributed by atoms with van der Waals surface area (Å²) in [5.74, 6) is -2.29. The number of hydrogen-bond donors (Lipinski definition) is 0. The number of hydrogen-bond acceptors (Lipinski definition) is 4. The van der Waals surface area contributed by atoms with Gasteiger partial charge in [-0.2, -0.15) is 0 Å². The first-order chi connectivity index (χ1) is 14.0. The first kappa shape index (κ1) is 18.3. The van der Waals surface area contributed by atoms with Gasteiger partial charge in [0.15, 0.2) is 0 Å². The van der Waals surface area contributed by atoms with Crippen LogP contribution in [0.15, 0.2) is 42.5 Å². The summed E-state index contributed by atoms with van der Waals surface area (Å²) in [7, 11) is 0. The number of anilines is 2. The third-order valence-corrected chi connectivity index (χ3v) is 6.75. The molecule has 148 valence electrons. The van der Waals surface area contributed by atoms with Crippen molar-refractivity contribution in [2.24, 2.45) is 23.7 Å². The van der Waals surface area contributed by atoms with Crippen molar-refractivity contribution >= 4 is 46.6 Å². The minimum atomic E-state index is -0.347. The molecule has 2 aliphatic carbocycles. The molecule has 1 aromatic carbocycles. The molecule has 2 aliphatic heterocycles. The molecule has 0 N–H and O–H groups in total. The zero-order valence-electron chi connectivity index (χ0n) is 15.6. The molecule has 0 saturated carbocycles. The number of rotatable bonds is 2. The van der Waals surface area contributed by atoms with Gasteiger partial charge in [-0.1, -0.05) is 35.9 Å². The van der Waals surface area contributed by atoms with E-state index in [2.05, 4.69) is 0 Å². The number of carbonyl (C=O) groups is 4. The normalized spacial score (nSPS) is 30.9. The summed E-state index contributed by atoms with van der Waals surface area (Å²) in [4.78, 5) is 53.5. The zero-order chi connectivity index (χ0) is 20.3. The lowest BCUT2D eigenvalue weighted by Gasteiger charge is -2.20. The Hall–Kier alpha value is -2.73. The maximum Gasteiger partial charge on any atom is 0.238 e. The summed E-state index contributed by atoms with van der Waals surface area (Å²) in [6.45, 7) is 0. The molecular weight excluding hydrogens is 392 g/mol. The maximum atomic E-state index is 12.8. The Morgan fingerprint density at radius 1 is 0.655 bits per heavy atom. The Bertz CT molecular complexity index is 962. The highest BCUT2D eigenvalue weighted by molar-refractivity contribution is 6.36. The largest absolute Gasteiger partial charge is 0.274 e. The van der Waals surface area contributed by atoms with Gasteiger partial charge < -0.3 is 0 Å². The van der Waals surface area contributed by atoms with Gasteiger partial charge in [0.05, 0.1) is 40.1 Å². The molecule has 0 spiro atoms. The molecular formula is C22H19ClN2O4. The molecule has 0 bridgehead atoms. The van der Waals surface area contributed by atoms with E-state index in [0.29, 0.717) is 37.1 Å². The van der Waals surface area contributed by atoms with Crippen molar-refractivity contribution in [3.05, 3.63) is 47.5 Å². The fraction of sp³-hybridized carbons (Fsp3) is 0.364. The maximum absolute atomic E-state index is 12.8. The summed E-state index contributed by atoms with van der Waals surface area (Å²) >= 11 is 6.44. The van der Waals surface area contributed by atoms with E-state index >= 15 is 0 Å². The number of carbonyl (C=O) groups excluding carboxylic acids is 4. The van der Waals surface area contributed by atoms with E-state index in [1.807, 2.05) is 24.3 Å². The van der Waals surface area contributed by atoms with Crippen molar-refractivity contribution in [1.82, 2.24) is 0 Å². The van der Waals surface area contributed by atoms with Crippen molar-refractivity contribution in [2.75, 3.05) is 9.80 Å². The predicted molar refractivity (Wildman–Crippen MR) is 107 cm³/mol. The molecule has 2 fully saturated rings. The van der Waals surface area contributed by atoms with Crippen LogP contribution >= 0.6 is 11.6 Å². The lowest BCUT2D eigenvalue weighted by Crippen LogP contribution is -2.32. The van der Waals surface area contributed by atoms with Crippen LogP contribution in [0.3, 0.4) is 0 Å². The Kier molecular flexibility index (Phi) is 4.21. The second-order valence-electron chi connectivity index (χ2n) is 7.97. The first-order valence-electron chi connectivity index (χ1n) is 9.84. The molecule has 0 aromatic heterocycles. The summed E-state index contributed by atoms with van der Waals surface area (Å²) in [5.41, 5.74) is 0.680. The number of allylic oxidation sites excluding steroid dienone is 4. The third-order valence-electron chi connectivity index (χ3n) is 6.45.